The quantitative estimate of drug-likeness (QED) is 0.739. The molecule has 0 N–H and O–H groups in total. The largest absolute Gasteiger partial charge is 0.325 e. The summed E-state index contributed by atoms with van der Waals surface area (Å²) in [5, 5.41) is 8.98. The van der Waals surface area contributed by atoms with Crippen molar-refractivity contribution in [3.05, 3.63) is 54.1 Å². The Labute approximate surface area is 184 Å². The molecule has 7 heteroatoms. The van der Waals surface area contributed by atoms with Crippen molar-refractivity contribution in [2.75, 3.05) is 32.1 Å². The van der Waals surface area contributed by atoms with Crippen LogP contribution in [-0.4, -0.2) is 58.5 Å². The van der Waals surface area contributed by atoms with Gasteiger partial charge in [-0.05, 0) is 51.8 Å². The molecule has 1 aromatic heterocycles. The Hall–Kier alpha value is -2.98. The Morgan fingerprint density at radius 3 is 2.29 bits per heavy atom. The van der Waals surface area contributed by atoms with Crippen molar-refractivity contribution in [2.24, 2.45) is 0 Å². The minimum atomic E-state index is -0.185. The van der Waals surface area contributed by atoms with Crippen molar-refractivity contribution in [1.82, 2.24) is 19.8 Å². The zero-order valence-corrected chi connectivity index (χ0v) is 18.6. The molecule has 0 atom stereocenters. The monoisotopic (exact) mass is 418 g/mol. The van der Waals surface area contributed by atoms with Crippen LogP contribution in [0.4, 0.5) is 10.5 Å². The maximum atomic E-state index is 13.4. The molecular formula is C24H30N6O. The Morgan fingerprint density at radius 2 is 1.74 bits per heavy atom. The maximum Gasteiger partial charge on any atom is 0.325 e. The molecule has 0 bridgehead atoms. The first kappa shape index (κ1) is 21.3. The fraction of sp³-hybridized carbons (Fsp3) is 0.500. The molecule has 2 fully saturated rings. The molecular weight excluding hydrogens is 388 g/mol. The van der Waals surface area contributed by atoms with Gasteiger partial charge in [0.15, 0.2) is 0 Å². The third-order valence-corrected chi connectivity index (χ3v) is 7.16. The highest BCUT2D eigenvalue weighted by Gasteiger charge is 2.54. The lowest BCUT2D eigenvalue weighted by Crippen LogP contribution is -2.55. The number of anilines is 1. The van der Waals surface area contributed by atoms with Crippen LogP contribution in [0.2, 0.25) is 0 Å². The number of hydrogen-bond donors (Lipinski definition) is 0. The van der Waals surface area contributed by atoms with Crippen LogP contribution < -0.4 is 4.90 Å². The summed E-state index contributed by atoms with van der Waals surface area (Å²) < 4.78 is 0. The zero-order valence-electron chi connectivity index (χ0n) is 18.6. The van der Waals surface area contributed by atoms with Crippen LogP contribution in [0.25, 0.3) is 0 Å². The van der Waals surface area contributed by atoms with E-state index in [9.17, 15) is 4.79 Å². The van der Waals surface area contributed by atoms with Crippen LogP contribution in [0.1, 0.15) is 50.4 Å². The minimum absolute atomic E-state index is 0.0155. The summed E-state index contributed by atoms with van der Waals surface area (Å²) in [7, 11) is 4.32. The van der Waals surface area contributed by atoms with E-state index in [1.165, 1.54) is 5.56 Å². The van der Waals surface area contributed by atoms with Crippen LogP contribution in [0.15, 0.2) is 42.7 Å². The number of nitrogens with zero attached hydrogens (tertiary/aromatic N) is 6. The standard InChI is InChI=1S/C24H30N6O/c1-4-14-30-22(31)29(20-16-26-21(15-25)27-17-20)18-23(30)10-12-24(13-11-23,28(2)3)19-8-6-5-7-9-19/h5-9,16-17H,4,10-14,18H2,1-3H3/t23-,24+. The second-order valence-corrected chi connectivity index (χ2v) is 8.91. The predicted molar refractivity (Wildman–Crippen MR) is 119 cm³/mol. The lowest BCUT2D eigenvalue weighted by Gasteiger charge is -2.51. The average molecular weight is 419 g/mol. The number of hydrogen-bond acceptors (Lipinski definition) is 5. The Balaban J connectivity index is 1.63. The van der Waals surface area contributed by atoms with Gasteiger partial charge in [0.1, 0.15) is 6.07 Å². The first-order valence-corrected chi connectivity index (χ1v) is 11.0. The summed E-state index contributed by atoms with van der Waals surface area (Å²) in [6, 6.07) is 12.7. The molecule has 2 amide bonds. The molecule has 1 saturated heterocycles. The van der Waals surface area contributed by atoms with Gasteiger partial charge in [0.2, 0.25) is 5.82 Å². The minimum Gasteiger partial charge on any atom is -0.317 e. The van der Waals surface area contributed by atoms with Crippen LogP contribution >= 0.6 is 0 Å². The van der Waals surface area contributed by atoms with E-state index in [2.05, 4.69) is 71.1 Å². The van der Waals surface area contributed by atoms with Crippen molar-refractivity contribution in [3.8, 4) is 6.07 Å². The third-order valence-electron chi connectivity index (χ3n) is 7.16. The number of rotatable bonds is 5. The Kier molecular flexibility index (Phi) is 5.67. The van der Waals surface area contributed by atoms with E-state index in [0.29, 0.717) is 12.2 Å². The molecule has 1 saturated carbocycles. The smallest absolute Gasteiger partial charge is 0.317 e. The van der Waals surface area contributed by atoms with Crippen LogP contribution in [-0.2, 0) is 5.54 Å². The van der Waals surface area contributed by atoms with Gasteiger partial charge in [0.05, 0.1) is 30.2 Å². The molecule has 1 spiro atoms. The molecule has 1 aliphatic heterocycles. The highest BCUT2D eigenvalue weighted by atomic mass is 16.2. The lowest BCUT2D eigenvalue weighted by molar-refractivity contribution is 0.0263. The average Bonchev–Trinajstić information content (AvgIpc) is 3.07. The van der Waals surface area contributed by atoms with Crippen molar-refractivity contribution in [3.63, 3.8) is 0 Å². The van der Waals surface area contributed by atoms with Crippen LogP contribution in [0, 0.1) is 11.3 Å². The number of benzene rings is 1. The normalized spacial score (nSPS) is 26.0. The van der Waals surface area contributed by atoms with Crippen molar-refractivity contribution in [2.45, 2.75) is 50.1 Å². The van der Waals surface area contributed by atoms with E-state index in [4.69, 9.17) is 5.26 Å². The predicted octanol–water partition coefficient (Wildman–Crippen LogP) is 3.77. The van der Waals surface area contributed by atoms with Crippen molar-refractivity contribution < 1.29 is 4.79 Å². The summed E-state index contributed by atoms with van der Waals surface area (Å²) in [5.74, 6) is 0.117. The molecule has 2 aromatic rings. The highest BCUT2D eigenvalue weighted by Crippen LogP contribution is 2.49. The Morgan fingerprint density at radius 1 is 1.10 bits per heavy atom. The van der Waals surface area contributed by atoms with E-state index in [0.717, 1.165) is 38.6 Å². The number of urea groups is 1. The topological polar surface area (TPSA) is 76.4 Å². The summed E-state index contributed by atoms with van der Waals surface area (Å²) in [6.45, 7) is 3.50. The summed E-state index contributed by atoms with van der Waals surface area (Å²) in [5.41, 5.74) is 1.81. The molecule has 2 heterocycles. The molecule has 4 rings (SSSR count). The number of amides is 2. The highest BCUT2D eigenvalue weighted by molar-refractivity contribution is 5.95. The maximum absolute atomic E-state index is 13.4. The number of aromatic nitrogens is 2. The molecule has 0 unspecified atom stereocenters. The second kappa shape index (κ2) is 8.27. The van der Waals surface area contributed by atoms with E-state index in [1.807, 2.05) is 6.07 Å². The van der Waals surface area contributed by atoms with E-state index in [1.54, 1.807) is 17.3 Å². The van der Waals surface area contributed by atoms with E-state index in [-0.39, 0.29) is 22.9 Å². The van der Waals surface area contributed by atoms with Crippen molar-refractivity contribution in [1.29, 1.82) is 5.26 Å². The summed E-state index contributed by atoms with van der Waals surface area (Å²) >= 11 is 0. The fourth-order valence-electron chi connectivity index (χ4n) is 5.37. The molecule has 162 valence electrons. The van der Waals surface area contributed by atoms with Gasteiger partial charge in [0, 0.05) is 12.1 Å². The van der Waals surface area contributed by atoms with Crippen LogP contribution in [0.5, 0.6) is 0 Å². The molecule has 1 aliphatic carbocycles. The Bertz CT molecular complexity index is 958. The molecule has 2 aliphatic rings. The summed E-state index contributed by atoms with van der Waals surface area (Å²) in [4.78, 5) is 27.8. The number of carbonyl (C=O) groups excluding carboxylic acids is 1. The molecule has 0 radical (unpaired) electrons. The van der Waals surface area contributed by atoms with Gasteiger partial charge in [0.25, 0.3) is 0 Å². The molecule has 1 aromatic carbocycles. The second-order valence-electron chi connectivity index (χ2n) is 8.91. The van der Waals surface area contributed by atoms with Crippen molar-refractivity contribution >= 4 is 11.7 Å². The molecule has 7 nitrogen and oxygen atoms in total. The van der Waals surface area contributed by atoms with Gasteiger partial charge in [-0.3, -0.25) is 9.80 Å². The first-order valence-electron chi connectivity index (χ1n) is 11.0. The molecule has 31 heavy (non-hydrogen) atoms. The zero-order chi connectivity index (χ0) is 22.1. The van der Waals surface area contributed by atoms with Gasteiger partial charge in [-0.25, -0.2) is 14.8 Å². The van der Waals surface area contributed by atoms with Gasteiger partial charge >= 0.3 is 6.03 Å². The fourth-order valence-corrected chi connectivity index (χ4v) is 5.37. The van der Waals surface area contributed by atoms with Crippen LogP contribution in [0.3, 0.4) is 0 Å². The van der Waals surface area contributed by atoms with Gasteiger partial charge < -0.3 is 4.90 Å². The van der Waals surface area contributed by atoms with Gasteiger partial charge in [-0.1, -0.05) is 37.3 Å². The number of carbonyl (C=O) groups is 1. The number of nitriles is 1. The SMILES string of the molecule is CCCN1C(=O)N(c2cnc(C#N)nc2)C[C@]12CC[C@](c1ccccc1)(N(C)C)CC2. The lowest BCUT2D eigenvalue weighted by atomic mass is 9.68. The first-order chi connectivity index (χ1) is 15.0. The van der Waals surface area contributed by atoms with E-state index < -0.39 is 0 Å². The summed E-state index contributed by atoms with van der Waals surface area (Å²) in [6.07, 6.45) is 7.97. The third kappa shape index (κ3) is 3.55. The van der Waals surface area contributed by atoms with Gasteiger partial charge in [-0.15, -0.1) is 0 Å². The van der Waals surface area contributed by atoms with Gasteiger partial charge in [-0.2, -0.15) is 5.26 Å². The van der Waals surface area contributed by atoms with E-state index >= 15 is 0 Å².